The zero-order valence-electron chi connectivity index (χ0n) is 7.04. The van der Waals surface area contributed by atoms with Crippen LogP contribution in [0.1, 0.15) is 12.8 Å². The minimum absolute atomic E-state index is 0.144. The number of nitrogens with two attached hydrogens (primary N) is 1. The number of hydrogen-bond donors (Lipinski definition) is 2. The zero-order valence-corrected chi connectivity index (χ0v) is 7.04. The molecule has 0 aromatic carbocycles. The van der Waals surface area contributed by atoms with Crippen LogP contribution in [-0.4, -0.2) is 26.6 Å². The summed E-state index contributed by atoms with van der Waals surface area (Å²) < 4.78 is 10.2. The standard InChI is InChI=1S/C7H16N2O2/c1-10-7(11-2)6(9-8)5-3-4-5/h5-7,9H,3-4,8H2,1-2H3. The van der Waals surface area contributed by atoms with Crippen molar-refractivity contribution in [2.24, 2.45) is 11.8 Å². The van der Waals surface area contributed by atoms with Crippen LogP contribution in [0, 0.1) is 5.92 Å². The summed E-state index contributed by atoms with van der Waals surface area (Å²) in [7, 11) is 3.25. The van der Waals surface area contributed by atoms with Crippen LogP contribution in [0.5, 0.6) is 0 Å². The Labute approximate surface area is 67.0 Å². The predicted molar refractivity (Wildman–Crippen MR) is 41.6 cm³/mol. The van der Waals surface area contributed by atoms with Crippen LogP contribution in [0.3, 0.4) is 0 Å². The third kappa shape index (κ3) is 2.13. The fourth-order valence-corrected chi connectivity index (χ4v) is 1.28. The van der Waals surface area contributed by atoms with Gasteiger partial charge >= 0.3 is 0 Å². The van der Waals surface area contributed by atoms with E-state index in [2.05, 4.69) is 5.43 Å². The lowest BCUT2D eigenvalue weighted by atomic mass is 10.2. The van der Waals surface area contributed by atoms with Crippen LogP contribution in [-0.2, 0) is 9.47 Å². The molecule has 1 fully saturated rings. The van der Waals surface area contributed by atoms with Crippen molar-refractivity contribution in [3.05, 3.63) is 0 Å². The van der Waals surface area contributed by atoms with Crippen molar-refractivity contribution in [1.29, 1.82) is 0 Å². The predicted octanol–water partition coefficient (Wildman–Crippen LogP) is -0.153. The summed E-state index contributed by atoms with van der Waals surface area (Å²) in [6, 6.07) is 0.144. The highest BCUT2D eigenvalue weighted by Gasteiger charge is 2.36. The Balaban J connectivity index is 2.36. The van der Waals surface area contributed by atoms with Crippen molar-refractivity contribution in [3.63, 3.8) is 0 Å². The van der Waals surface area contributed by atoms with Crippen molar-refractivity contribution in [1.82, 2.24) is 5.43 Å². The van der Waals surface area contributed by atoms with Crippen LogP contribution >= 0.6 is 0 Å². The van der Waals surface area contributed by atoms with Gasteiger partial charge in [0, 0.05) is 14.2 Å². The van der Waals surface area contributed by atoms with Gasteiger partial charge in [-0.2, -0.15) is 0 Å². The lowest BCUT2D eigenvalue weighted by Crippen LogP contribution is -2.47. The largest absolute Gasteiger partial charge is 0.354 e. The van der Waals surface area contributed by atoms with E-state index in [9.17, 15) is 0 Å². The van der Waals surface area contributed by atoms with Crippen LogP contribution < -0.4 is 11.3 Å². The van der Waals surface area contributed by atoms with Gasteiger partial charge in [-0.05, 0) is 18.8 Å². The Morgan fingerprint density at radius 1 is 1.36 bits per heavy atom. The molecule has 1 saturated carbocycles. The molecule has 0 aromatic rings. The summed E-state index contributed by atoms with van der Waals surface area (Å²) in [4.78, 5) is 0. The first kappa shape index (κ1) is 8.93. The summed E-state index contributed by atoms with van der Waals surface area (Å²) in [6.07, 6.45) is 2.23. The SMILES string of the molecule is COC(OC)C(NN)C1CC1. The Kier molecular flexibility index (Phi) is 3.26. The van der Waals surface area contributed by atoms with Gasteiger partial charge in [0.2, 0.25) is 0 Å². The molecule has 0 spiro atoms. The average Bonchev–Trinajstić information content (AvgIpc) is 2.82. The molecule has 0 aliphatic heterocycles. The third-order valence-electron chi connectivity index (χ3n) is 2.08. The van der Waals surface area contributed by atoms with Gasteiger partial charge in [-0.25, -0.2) is 0 Å². The number of hydrogen-bond acceptors (Lipinski definition) is 4. The molecular formula is C7H16N2O2. The molecule has 1 rings (SSSR count). The van der Waals surface area contributed by atoms with Gasteiger partial charge in [-0.1, -0.05) is 0 Å². The molecule has 0 aromatic heterocycles. The Morgan fingerprint density at radius 2 is 1.91 bits per heavy atom. The van der Waals surface area contributed by atoms with E-state index in [1.807, 2.05) is 0 Å². The van der Waals surface area contributed by atoms with E-state index in [4.69, 9.17) is 15.3 Å². The first-order valence-corrected chi connectivity index (χ1v) is 3.85. The average molecular weight is 160 g/mol. The van der Waals surface area contributed by atoms with Crippen LogP contribution in [0.4, 0.5) is 0 Å². The van der Waals surface area contributed by atoms with Crippen LogP contribution in [0.15, 0.2) is 0 Å². The van der Waals surface area contributed by atoms with Crippen molar-refractivity contribution >= 4 is 0 Å². The van der Waals surface area contributed by atoms with Gasteiger partial charge in [-0.3, -0.25) is 11.3 Å². The molecule has 66 valence electrons. The number of hydrazine groups is 1. The zero-order chi connectivity index (χ0) is 8.27. The summed E-state index contributed by atoms with van der Waals surface area (Å²) in [6.45, 7) is 0. The quantitative estimate of drug-likeness (QED) is 0.333. The fourth-order valence-electron chi connectivity index (χ4n) is 1.28. The molecule has 0 saturated heterocycles. The van der Waals surface area contributed by atoms with Gasteiger partial charge in [0.25, 0.3) is 0 Å². The summed E-state index contributed by atoms with van der Waals surface area (Å²) in [5.41, 5.74) is 2.72. The lowest BCUT2D eigenvalue weighted by Gasteiger charge is -2.23. The van der Waals surface area contributed by atoms with E-state index in [0.29, 0.717) is 5.92 Å². The number of nitrogens with one attached hydrogen (secondary N) is 1. The van der Waals surface area contributed by atoms with E-state index in [1.54, 1.807) is 14.2 Å². The molecule has 0 heterocycles. The van der Waals surface area contributed by atoms with E-state index >= 15 is 0 Å². The second-order valence-electron chi connectivity index (χ2n) is 2.87. The van der Waals surface area contributed by atoms with Crippen molar-refractivity contribution in [2.75, 3.05) is 14.2 Å². The van der Waals surface area contributed by atoms with E-state index in [1.165, 1.54) is 12.8 Å². The highest BCUT2D eigenvalue weighted by Crippen LogP contribution is 2.34. The monoisotopic (exact) mass is 160 g/mol. The van der Waals surface area contributed by atoms with Gasteiger partial charge in [0.1, 0.15) is 0 Å². The van der Waals surface area contributed by atoms with Gasteiger partial charge < -0.3 is 9.47 Å². The Morgan fingerprint density at radius 3 is 2.18 bits per heavy atom. The number of ether oxygens (including phenoxy) is 2. The first-order valence-electron chi connectivity index (χ1n) is 3.85. The Bertz CT molecular complexity index is 113. The molecule has 4 nitrogen and oxygen atoms in total. The van der Waals surface area contributed by atoms with Crippen molar-refractivity contribution < 1.29 is 9.47 Å². The van der Waals surface area contributed by atoms with Crippen molar-refractivity contribution in [2.45, 2.75) is 25.2 Å². The molecule has 0 radical (unpaired) electrons. The second kappa shape index (κ2) is 4.01. The molecule has 1 unspecified atom stereocenters. The molecule has 3 N–H and O–H groups in total. The highest BCUT2D eigenvalue weighted by atomic mass is 16.7. The summed E-state index contributed by atoms with van der Waals surface area (Å²) >= 11 is 0. The molecule has 1 atom stereocenters. The molecule has 0 bridgehead atoms. The second-order valence-corrected chi connectivity index (χ2v) is 2.87. The van der Waals surface area contributed by atoms with Gasteiger partial charge in [0.15, 0.2) is 6.29 Å². The fraction of sp³-hybridized carbons (Fsp3) is 1.00. The third-order valence-corrected chi connectivity index (χ3v) is 2.08. The molecule has 4 heteroatoms. The smallest absolute Gasteiger partial charge is 0.173 e. The topological polar surface area (TPSA) is 56.5 Å². The first-order chi connectivity index (χ1) is 5.33. The maximum absolute atomic E-state index is 5.36. The molecular weight excluding hydrogens is 144 g/mol. The maximum Gasteiger partial charge on any atom is 0.173 e. The van der Waals surface area contributed by atoms with Gasteiger partial charge in [-0.15, -0.1) is 0 Å². The normalized spacial score (nSPS) is 20.7. The number of rotatable bonds is 5. The van der Waals surface area contributed by atoms with E-state index in [0.717, 1.165) is 0 Å². The molecule has 11 heavy (non-hydrogen) atoms. The molecule has 1 aliphatic rings. The highest BCUT2D eigenvalue weighted by molar-refractivity contribution is 4.87. The van der Waals surface area contributed by atoms with Gasteiger partial charge in [0.05, 0.1) is 6.04 Å². The minimum atomic E-state index is -0.215. The van der Waals surface area contributed by atoms with Crippen LogP contribution in [0.2, 0.25) is 0 Å². The number of methoxy groups -OCH3 is 2. The summed E-state index contributed by atoms with van der Waals surface area (Å²) in [5, 5.41) is 0. The summed E-state index contributed by atoms with van der Waals surface area (Å²) in [5.74, 6) is 5.99. The van der Waals surface area contributed by atoms with E-state index < -0.39 is 0 Å². The van der Waals surface area contributed by atoms with E-state index in [-0.39, 0.29) is 12.3 Å². The minimum Gasteiger partial charge on any atom is -0.354 e. The maximum atomic E-state index is 5.36. The van der Waals surface area contributed by atoms with Crippen molar-refractivity contribution in [3.8, 4) is 0 Å². The Hall–Kier alpha value is -0.160. The molecule has 0 amide bonds. The van der Waals surface area contributed by atoms with Crippen LogP contribution in [0.25, 0.3) is 0 Å². The molecule has 1 aliphatic carbocycles. The lowest BCUT2D eigenvalue weighted by molar-refractivity contribution is -0.126.